The first-order valence-corrected chi connectivity index (χ1v) is 10.0. The fourth-order valence-corrected chi connectivity index (χ4v) is 4.50. The van der Waals surface area contributed by atoms with E-state index in [1.54, 1.807) is 11.9 Å². The van der Waals surface area contributed by atoms with Crippen LogP contribution in [0, 0.1) is 6.92 Å². The highest BCUT2D eigenvalue weighted by molar-refractivity contribution is 6.00. The zero-order valence-electron chi connectivity index (χ0n) is 16.8. The number of rotatable bonds is 5. The Kier molecular flexibility index (Phi) is 5.27. The molecule has 28 heavy (non-hydrogen) atoms. The second-order valence-electron chi connectivity index (χ2n) is 7.63. The molecule has 3 amide bonds. The Labute approximate surface area is 166 Å². The first-order chi connectivity index (χ1) is 13.5. The number of hydrogen-bond donors (Lipinski definition) is 1. The molecule has 0 bridgehead atoms. The van der Waals surface area contributed by atoms with Gasteiger partial charge in [-0.05, 0) is 38.0 Å². The summed E-state index contributed by atoms with van der Waals surface area (Å²) in [6, 6.07) is 7.77. The van der Waals surface area contributed by atoms with E-state index >= 15 is 0 Å². The third-order valence-corrected chi connectivity index (χ3v) is 5.87. The number of nitrogens with zero attached hydrogens (tertiary/aromatic N) is 4. The van der Waals surface area contributed by atoms with Crippen molar-refractivity contribution in [2.45, 2.75) is 38.8 Å². The predicted molar refractivity (Wildman–Crippen MR) is 106 cm³/mol. The summed E-state index contributed by atoms with van der Waals surface area (Å²) in [5, 5.41) is 3.54. The molecule has 0 radical (unpaired) electrons. The van der Waals surface area contributed by atoms with Crippen LogP contribution in [0.25, 0.3) is 0 Å². The van der Waals surface area contributed by atoms with E-state index in [2.05, 4.69) is 46.3 Å². The second-order valence-corrected chi connectivity index (χ2v) is 7.63. The lowest BCUT2D eigenvalue weighted by molar-refractivity contribution is -0.139. The van der Waals surface area contributed by atoms with Crippen molar-refractivity contribution in [1.82, 2.24) is 20.0 Å². The number of ether oxygens (including phenoxy) is 1. The Bertz CT molecular complexity index is 757. The Hall–Kier alpha value is -2.16. The van der Waals surface area contributed by atoms with Crippen molar-refractivity contribution in [2.75, 3.05) is 44.8 Å². The van der Waals surface area contributed by atoms with Gasteiger partial charge in [0.05, 0.1) is 13.2 Å². The van der Waals surface area contributed by atoms with Crippen molar-refractivity contribution in [3.63, 3.8) is 0 Å². The zero-order chi connectivity index (χ0) is 19.8. The molecule has 3 saturated heterocycles. The summed E-state index contributed by atoms with van der Waals surface area (Å²) in [6.45, 7) is 6.95. The van der Waals surface area contributed by atoms with Crippen LogP contribution < -0.4 is 10.2 Å². The molecule has 8 heteroatoms. The van der Waals surface area contributed by atoms with Crippen LogP contribution in [-0.2, 0) is 9.53 Å². The number of amides is 3. The lowest BCUT2D eigenvalue weighted by atomic mass is 10.1. The average molecular weight is 387 g/mol. The van der Waals surface area contributed by atoms with Crippen molar-refractivity contribution < 1.29 is 14.3 Å². The fourth-order valence-electron chi connectivity index (χ4n) is 4.50. The van der Waals surface area contributed by atoms with Gasteiger partial charge in [-0.2, -0.15) is 0 Å². The van der Waals surface area contributed by atoms with Crippen LogP contribution in [0.4, 0.5) is 10.5 Å². The summed E-state index contributed by atoms with van der Waals surface area (Å²) in [5.74, 6) is -0.131. The summed E-state index contributed by atoms with van der Waals surface area (Å²) in [6.07, 6.45) is 0.550. The van der Waals surface area contributed by atoms with Crippen LogP contribution in [0.2, 0.25) is 0 Å². The van der Waals surface area contributed by atoms with Crippen molar-refractivity contribution in [3.05, 3.63) is 29.8 Å². The van der Waals surface area contributed by atoms with Gasteiger partial charge in [0, 0.05) is 32.4 Å². The van der Waals surface area contributed by atoms with Crippen LogP contribution in [0.15, 0.2) is 24.3 Å². The molecule has 0 aromatic heterocycles. The molecule has 3 fully saturated rings. The Balaban J connectivity index is 1.59. The van der Waals surface area contributed by atoms with E-state index < -0.39 is 0 Å². The molecule has 0 aliphatic carbocycles. The number of aryl methyl sites for hydroxylation is 1. The number of urea groups is 1. The number of fused-ring (bicyclic) bond motifs is 3. The zero-order valence-corrected chi connectivity index (χ0v) is 16.8. The number of hydrogen-bond acceptors (Lipinski definition) is 6. The monoisotopic (exact) mass is 387 g/mol. The van der Waals surface area contributed by atoms with Crippen molar-refractivity contribution in [1.29, 1.82) is 0 Å². The van der Waals surface area contributed by atoms with E-state index in [-0.39, 0.29) is 30.4 Å². The van der Waals surface area contributed by atoms with Crippen molar-refractivity contribution >= 4 is 17.6 Å². The molecular weight excluding hydrogens is 358 g/mol. The van der Waals surface area contributed by atoms with Crippen LogP contribution in [0.3, 0.4) is 0 Å². The quantitative estimate of drug-likeness (QED) is 0.761. The minimum absolute atomic E-state index is 0.100. The van der Waals surface area contributed by atoms with Gasteiger partial charge in [-0.15, -0.1) is 0 Å². The molecule has 3 aliphatic rings. The fraction of sp³-hybridized carbons (Fsp3) is 0.600. The number of likely N-dealkylation sites (N-methyl/N-ethyl adjacent to an activating group) is 1. The van der Waals surface area contributed by atoms with Gasteiger partial charge in [0.15, 0.2) is 0 Å². The van der Waals surface area contributed by atoms with E-state index in [0.29, 0.717) is 19.8 Å². The molecular formula is C20H29N5O3. The average Bonchev–Trinajstić information content (AvgIpc) is 3.09. The molecule has 3 heterocycles. The second kappa shape index (κ2) is 7.69. The van der Waals surface area contributed by atoms with Crippen LogP contribution >= 0.6 is 0 Å². The summed E-state index contributed by atoms with van der Waals surface area (Å²) in [7, 11) is 1.77. The molecule has 152 valence electrons. The topological polar surface area (TPSA) is 68.4 Å². The Morgan fingerprint density at radius 1 is 1.25 bits per heavy atom. The van der Waals surface area contributed by atoms with Gasteiger partial charge >= 0.3 is 6.03 Å². The maximum atomic E-state index is 13.2. The molecule has 0 spiro atoms. The van der Waals surface area contributed by atoms with Gasteiger partial charge in [-0.3, -0.25) is 19.9 Å². The van der Waals surface area contributed by atoms with Gasteiger partial charge < -0.3 is 14.5 Å². The highest BCUT2D eigenvalue weighted by Gasteiger charge is 2.55. The number of carbonyl (C=O) groups is 2. The Morgan fingerprint density at radius 2 is 2.07 bits per heavy atom. The smallest absolute Gasteiger partial charge is 0.327 e. The maximum Gasteiger partial charge on any atom is 0.327 e. The largest absolute Gasteiger partial charge is 0.380 e. The van der Waals surface area contributed by atoms with E-state index in [0.717, 1.165) is 25.2 Å². The van der Waals surface area contributed by atoms with E-state index in [9.17, 15) is 9.59 Å². The first kappa shape index (κ1) is 19.2. The third-order valence-electron chi connectivity index (χ3n) is 5.87. The number of carbonyl (C=O) groups excluding carboxylic acids is 2. The summed E-state index contributed by atoms with van der Waals surface area (Å²) >= 11 is 0. The standard InChI is InChI=1S/C20H29N5O3/c1-4-28-12-11-25-18(26)16-17(22(3)20(25)27)21-19-23(9-6-10-24(16)19)15-8-5-7-14(2)13-15/h5,7-8,13,16-17,19,21H,4,6,9-12H2,1-3H3. The first-order valence-electron chi connectivity index (χ1n) is 10.0. The molecule has 1 N–H and O–H groups in total. The lowest BCUT2D eigenvalue weighted by Crippen LogP contribution is -2.66. The number of anilines is 1. The SMILES string of the molecule is CCOCCN1C(=O)C2C(NC3N(c4cccc(C)c4)CCCN23)N(C)C1=O. The number of benzene rings is 1. The maximum absolute atomic E-state index is 13.2. The van der Waals surface area contributed by atoms with Crippen molar-refractivity contribution in [2.24, 2.45) is 0 Å². The van der Waals surface area contributed by atoms with E-state index in [4.69, 9.17) is 4.74 Å². The summed E-state index contributed by atoms with van der Waals surface area (Å²) < 4.78 is 5.37. The third kappa shape index (κ3) is 3.15. The van der Waals surface area contributed by atoms with E-state index in [1.165, 1.54) is 10.5 Å². The molecule has 3 aliphatic heterocycles. The molecule has 1 aromatic carbocycles. The normalized spacial score (nSPS) is 28.0. The molecule has 8 nitrogen and oxygen atoms in total. The molecule has 0 saturated carbocycles. The van der Waals surface area contributed by atoms with E-state index in [1.807, 2.05) is 6.92 Å². The summed E-state index contributed by atoms with van der Waals surface area (Å²) in [4.78, 5) is 33.5. The van der Waals surface area contributed by atoms with Gasteiger partial charge in [0.25, 0.3) is 5.91 Å². The van der Waals surface area contributed by atoms with Gasteiger partial charge in [0.2, 0.25) is 0 Å². The predicted octanol–water partition coefficient (Wildman–Crippen LogP) is 1.02. The van der Waals surface area contributed by atoms with Crippen LogP contribution in [-0.4, -0.2) is 85.0 Å². The Morgan fingerprint density at radius 3 is 2.82 bits per heavy atom. The van der Waals surface area contributed by atoms with Gasteiger partial charge in [-0.1, -0.05) is 12.1 Å². The molecule has 4 rings (SSSR count). The highest BCUT2D eigenvalue weighted by Crippen LogP contribution is 2.33. The molecule has 3 unspecified atom stereocenters. The lowest BCUT2D eigenvalue weighted by Gasteiger charge is -2.43. The number of imide groups is 1. The number of nitrogens with one attached hydrogen (secondary N) is 1. The minimum Gasteiger partial charge on any atom is -0.380 e. The summed E-state index contributed by atoms with van der Waals surface area (Å²) in [5.41, 5.74) is 2.34. The minimum atomic E-state index is -0.373. The molecule has 3 atom stereocenters. The van der Waals surface area contributed by atoms with Crippen molar-refractivity contribution in [3.8, 4) is 0 Å². The van der Waals surface area contributed by atoms with Gasteiger partial charge in [0.1, 0.15) is 18.5 Å². The highest BCUT2D eigenvalue weighted by atomic mass is 16.5. The van der Waals surface area contributed by atoms with Gasteiger partial charge in [-0.25, -0.2) is 4.79 Å². The van der Waals surface area contributed by atoms with Crippen LogP contribution in [0.5, 0.6) is 0 Å². The van der Waals surface area contributed by atoms with Crippen LogP contribution in [0.1, 0.15) is 18.9 Å². The molecule has 1 aromatic rings.